The Bertz CT molecular complexity index is 937. The largest absolute Gasteiger partial charge is 0.493 e. The Morgan fingerprint density at radius 3 is 2.07 bits per heavy atom. The molecule has 0 N–H and O–H groups in total. The fourth-order valence-corrected chi connectivity index (χ4v) is 3.54. The number of ether oxygens (including phenoxy) is 5. The van der Waals surface area contributed by atoms with Gasteiger partial charge in [0.2, 0.25) is 12.2 Å². The summed E-state index contributed by atoms with van der Waals surface area (Å²) in [5, 5.41) is 0. The minimum atomic E-state index is 0.491. The number of fused-ring (bicyclic) bond motifs is 1. The molecule has 0 spiro atoms. The molecule has 0 atom stereocenters. The average molecular weight is 399 g/mol. The van der Waals surface area contributed by atoms with Gasteiger partial charge in [0.15, 0.2) is 23.0 Å². The van der Waals surface area contributed by atoms with Crippen molar-refractivity contribution in [3.63, 3.8) is 0 Å². The highest BCUT2D eigenvalue weighted by Gasteiger charge is 2.24. The number of nitrogens with zero attached hydrogens (tertiary/aromatic N) is 1. The van der Waals surface area contributed by atoms with Crippen LogP contribution in [0.1, 0.15) is 16.7 Å². The smallest absolute Gasteiger partial charge is 0.214 e. The monoisotopic (exact) mass is 399 g/mol. The summed E-state index contributed by atoms with van der Waals surface area (Å²) in [6.45, 7) is 0.563. The van der Waals surface area contributed by atoms with E-state index in [9.17, 15) is 4.79 Å². The van der Waals surface area contributed by atoms with Gasteiger partial charge in [0.25, 0.3) is 0 Å². The molecule has 2 aromatic rings. The number of hydrogen-bond donors (Lipinski definition) is 0. The van der Waals surface area contributed by atoms with Crippen molar-refractivity contribution in [2.24, 2.45) is 0 Å². The van der Waals surface area contributed by atoms with Crippen molar-refractivity contribution >= 4 is 18.2 Å². The number of carbonyl (C=O) groups excluding carboxylic acids is 1. The highest BCUT2D eigenvalue weighted by Crippen LogP contribution is 2.43. The summed E-state index contributed by atoms with van der Waals surface area (Å²) >= 11 is 0. The lowest BCUT2D eigenvalue weighted by molar-refractivity contribution is -0.115. The van der Waals surface area contributed by atoms with E-state index in [1.54, 1.807) is 46.5 Å². The van der Waals surface area contributed by atoms with Crippen LogP contribution in [-0.2, 0) is 11.2 Å². The zero-order valence-electron chi connectivity index (χ0n) is 17.3. The first-order chi connectivity index (χ1) is 14.1. The summed E-state index contributed by atoms with van der Waals surface area (Å²) in [7, 11) is 7.89. The van der Waals surface area contributed by atoms with Gasteiger partial charge in [-0.25, -0.2) is 0 Å². The van der Waals surface area contributed by atoms with Crippen LogP contribution in [0.2, 0.25) is 0 Å². The van der Waals surface area contributed by atoms with Crippen LogP contribution < -0.4 is 23.7 Å². The first kappa shape index (κ1) is 20.4. The highest BCUT2D eigenvalue weighted by atomic mass is 16.5. The van der Waals surface area contributed by atoms with E-state index in [0.717, 1.165) is 35.2 Å². The van der Waals surface area contributed by atoms with Gasteiger partial charge in [-0.05, 0) is 42.3 Å². The highest BCUT2D eigenvalue weighted by molar-refractivity contribution is 5.90. The molecule has 0 aliphatic carbocycles. The van der Waals surface area contributed by atoms with E-state index in [-0.39, 0.29) is 0 Å². The molecule has 154 valence electrons. The van der Waals surface area contributed by atoms with Crippen molar-refractivity contribution in [2.45, 2.75) is 6.42 Å². The standard InChI is InChI=1S/C22H25NO6/c1-25-18-7-6-15(21(28-4)22(18)29-5)10-17-16-12-20(27-3)19(26-2)11-14(16)8-9-23(17)13-24/h6-7,10-13H,8-9H2,1-5H3/b17-10-. The Hall–Kier alpha value is -3.35. The molecule has 1 aliphatic heterocycles. The predicted molar refractivity (Wildman–Crippen MR) is 110 cm³/mol. The Labute approximate surface area is 170 Å². The van der Waals surface area contributed by atoms with Crippen LogP contribution in [-0.4, -0.2) is 53.4 Å². The Balaban J connectivity index is 2.22. The van der Waals surface area contributed by atoms with Crippen molar-refractivity contribution in [3.8, 4) is 28.7 Å². The maximum absolute atomic E-state index is 11.8. The van der Waals surface area contributed by atoms with Gasteiger partial charge in [-0.15, -0.1) is 0 Å². The molecule has 0 saturated heterocycles. The third-order valence-corrected chi connectivity index (χ3v) is 4.97. The molecule has 3 rings (SSSR count). The Morgan fingerprint density at radius 2 is 1.48 bits per heavy atom. The van der Waals surface area contributed by atoms with Gasteiger partial charge in [-0.1, -0.05) is 0 Å². The summed E-state index contributed by atoms with van der Waals surface area (Å²) in [4.78, 5) is 13.5. The van der Waals surface area contributed by atoms with Gasteiger partial charge in [0, 0.05) is 17.7 Å². The molecule has 0 unspecified atom stereocenters. The van der Waals surface area contributed by atoms with Crippen LogP contribution in [0, 0.1) is 0 Å². The van der Waals surface area contributed by atoms with Crippen LogP contribution in [0.15, 0.2) is 24.3 Å². The summed E-state index contributed by atoms with van der Waals surface area (Å²) in [5.74, 6) is 2.84. The summed E-state index contributed by atoms with van der Waals surface area (Å²) in [6.07, 6.45) is 3.45. The van der Waals surface area contributed by atoms with E-state index >= 15 is 0 Å². The maximum atomic E-state index is 11.8. The van der Waals surface area contributed by atoms with Gasteiger partial charge in [0.1, 0.15) is 0 Å². The lowest BCUT2D eigenvalue weighted by Crippen LogP contribution is -2.28. The van der Waals surface area contributed by atoms with E-state index < -0.39 is 0 Å². The SMILES string of the molecule is COc1cc2c(cc1OC)/C(=C/c1ccc(OC)c(OC)c1OC)N(C=O)CC2. The van der Waals surface area contributed by atoms with E-state index in [1.807, 2.05) is 24.3 Å². The normalized spacial score (nSPS) is 14.2. The first-order valence-electron chi connectivity index (χ1n) is 9.09. The van der Waals surface area contributed by atoms with Crippen molar-refractivity contribution in [1.82, 2.24) is 4.90 Å². The molecule has 0 radical (unpaired) electrons. The fourth-order valence-electron chi connectivity index (χ4n) is 3.54. The first-order valence-corrected chi connectivity index (χ1v) is 9.09. The molecule has 0 fully saturated rings. The summed E-state index contributed by atoms with van der Waals surface area (Å²) in [6, 6.07) is 7.52. The van der Waals surface area contributed by atoms with Crippen LogP contribution in [0.25, 0.3) is 11.8 Å². The number of rotatable bonds is 7. The fraction of sp³-hybridized carbons (Fsp3) is 0.318. The molecule has 1 heterocycles. The van der Waals surface area contributed by atoms with Crippen LogP contribution in [0.5, 0.6) is 28.7 Å². The number of hydrogen-bond acceptors (Lipinski definition) is 6. The Kier molecular flexibility index (Phi) is 6.16. The predicted octanol–water partition coefficient (Wildman–Crippen LogP) is 3.24. The van der Waals surface area contributed by atoms with Gasteiger partial charge >= 0.3 is 0 Å². The summed E-state index contributed by atoms with van der Waals surface area (Å²) < 4.78 is 27.3. The quantitative estimate of drug-likeness (QED) is 0.666. The lowest BCUT2D eigenvalue weighted by Gasteiger charge is -2.29. The molecule has 2 aromatic carbocycles. The lowest BCUT2D eigenvalue weighted by atomic mass is 9.94. The molecule has 0 bridgehead atoms. The second-order valence-corrected chi connectivity index (χ2v) is 6.37. The molecule has 0 saturated carbocycles. The summed E-state index contributed by atoms with van der Waals surface area (Å²) in [5.41, 5.74) is 3.48. The Morgan fingerprint density at radius 1 is 0.828 bits per heavy atom. The van der Waals surface area contributed by atoms with Crippen molar-refractivity contribution < 1.29 is 28.5 Å². The molecule has 0 aromatic heterocycles. The van der Waals surface area contributed by atoms with Gasteiger partial charge in [0.05, 0.1) is 41.2 Å². The second-order valence-electron chi connectivity index (χ2n) is 6.37. The van der Waals surface area contributed by atoms with Crippen LogP contribution >= 0.6 is 0 Å². The molecule has 1 aliphatic rings. The van der Waals surface area contributed by atoms with E-state index in [1.165, 1.54) is 0 Å². The minimum Gasteiger partial charge on any atom is -0.493 e. The topological polar surface area (TPSA) is 66.5 Å². The molecule has 1 amide bonds. The maximum Gasteiger partial charge on any atom is 0.214 e. The number of methoxy groups -OCH3 is 5. The van der Waals surface area contributed by atoms with E-state index in [2.05, 4.69) is 0 Å². The van der Waals surface area contributed by atoms with Gasteiger partial charge in [-0.2, -0.15) is 0 Å². The van der Waals surface area contributed by atoms with Crippen LogP contribution in [0.4, 0.5) is 0 Å². The van der Waals surface area contributed by atoms with Gasteiger partial charge < -0.3 is 28.6 Å². The third kappa shape index (κ3) is 3.68. The molecular formula is C22H25NO6. The number of carbonyl (C=O) groups is 1. The number of benzene rings is 2. The molecule has 7 heteroatoms. The van der Waals surface area contributed by atoms with E-state index in [4.69, 9.17) is 23.7 Å². The van der Waals surface area contributed by atoms with E-state index in [0.29, 0.717) is 35.3 Å². The zero-order chi connectivity index (χ0) is 21.0. The molecular weight excluding hydrogens is 374 g/mol. The number of amides is 1. The minimum absolute atomic E-state index is 0.491. The third-order valence-electron chi connectivity index (χ3n) is 4.97. The van der Waals surface area contributed by atoms with Gasteiger partial charge in [-0.3, -0.25) is 4.79 Å². The van der Waals surface area contributed by atoms with Crippen molar-refractivity contribution in [1.29, 1.82) is 0 Å². The zero-order valence-corrected chi connectivity index (χ0v) is 17.3. The van der Waals surface area contributed by atoms with Crippen LogP contribution in [0.3, 0.4) is 0 Å². The average Bonchev–Trinajstić information content (AvgIpc) is 2.77. The van der Waals surface area contributed by atoms with Crippen molar-refractivity contribution in [2.75, 3.05) is 42.1 Å². The molecule has 7 nitrogen and oxygen atoms in total. The molecule has 29 heavy (non-hydrogen) atoms. The van der Waals surface area contributed by atoms with Crippen molar-refractivity contribution in [3.05, 3.63) is 41.0 Å². The second kappa shape index (κ2) is 8.77.